The van der Waals surface area contributed by atoms with Crippen LogP contribution in [0.15, 0.2) is 40.6 Å². The van der Waals surface area contributed by atoms with Gasteiger partial charge in [0.15, 0.2) is 5.66 Å². The number of carbonyl (C=O) groups is 1. The molecule has 1 N–H and O–H groups in total. The molecule has 1 amide bonds. The van der Waals surface area contributed by atoms with E-state index in [1.54, 1.807) is 13.2 Å². The molecule has 0 spiro atoms. The molecule has 2 heterocycles. The normalized spacial score (nSPS) is 13.9. The first kappa shape index (κ1) is 18.8. The van der Waals surface area contributed by atoms with E-state index in [2.05, 4.69) is 26.4 Å². The van der Waals surface area contributed by atoms with Crippen molar-refractivity contribution in [2.24, 2.45) is 10.2 Å². The van der Waals surface area contributed by atoms with E-state index >= 15 is 0 Å². The number of nitrogens with one attached hydrogen (secondary N) is 1. The van der Waals surface area contributed by atoms with Crippen molar-refractivity contribution in [1.82, 2.24) is 10.3 Å². The van der Waals surface area contributed by atoms with E-state index in [1.165, 1.54) is 0 Å². The topological polar surface area (TPSA) is 85.2 Å². The van der Waals surface area contributed by atoms with Crippen LogP contribution in [0, 0.1) is 12.3 Å². The number of carbonyl (C=O) groups excluding carboxylic acids is 1. The Hall–Kier alpha value is -2.98. The van der Waals surface area contributed by atoms with Gasteiger partial charge in [0.2, 0.25) is 0 Å². The van der Waals surface area contributed by atoms with Crippen molar-refractivity contribution in [3.63, 3.8) is 0 Å². The van der Waals surface area contributed by atoms with Crippen LogP contribution in [-0.4, -0.2) is 43.4 Å². The fourth-order valence-corrected chi connectivity index (χ4v) is 2.75. The number of hydrogen-bond acceptors (Lipinski definition) is 6. The summed E-state index contributed by atoms with van der Waals surface area (Å²) in [4.78, 5) is 17.0. The lowest BCUT2D eigenvalue weighted by molar-refractivity contribution is 0.0946. The Bertz CT molecular complexity index is 882. The van der Waals surface area contributed by atoms with E-state index in [9.17, 15) is 4.79 Å². The molecule has 0 aliphatic carbocycles. The molecule has 1 aliphatic rings. The van der Waals surface area contributed by atoms with Gasteiger partial charge in [-0.25, -0.2) is 4.98 Å². The van der Waals surface area contributed by atoms with E-state index < -0.39 is 5.66 Å². The lowest BCUT2D eigenvalue weighted by Gasteiger charge is -2.12. The molecule has 7 heteroatoms. The largest absolute Gasteiger partial charge is 0.490 e. The van der Waals surface area contributed by atoms with Crippen LogP contribution < -0.4 is 10.1 Å². The zero-order valence-corrected chi connectivity index (χ0v) is 15.3. The van der Waals surface area contributed by atoms with Gasteiger partial charge in [0.25, 0.3) is 5.91 Å². The van der Waals surface area contributed by atoms with Gasteiger partial charge in [0.1, 0.15) is 18.1 Å². The van der Waals surface area contributed by atoms with Crippen molar-refractivity contribution in [2.45, 2.75) is 24.9 Å². The van der Waals surface area contributed by atoms with Gasteiger partial charge < -0.3 is 14.8 Å². The molecule has 7 nitrogen and oxygen atoms in total. The average molecular weight is 366 g/mol. The SMILES string of the molecule is C#CCCC1(CCNC(=O)c2cc(OCCOC)c3ccccc3n2)N=N1. The molecule has 1 aromatic heterocycles. The minimum Gasteiger partial charge on any atom is -0.490 e. The maximum absolute atomic E-state index is 12.5. The molecule has 140 valence electrons. The summed E-state index contributed by atoms with van der Waals surface area (Å²) >= 11 is 0. The molecular formula is C20H22N4O3. The number of hydrogen-bond donors (Lipinski definition) is 1. The third-order valence-corrected chi connectivity index (χ3v) is 4.32. The van der Waals surface area contributed by atoms with Crippen LogP contribution in [0.1, 0.15) is 29.8 Å². The fraction of sp³-hybridized carbons (Fsp3) is 0.400. The number of fused-ring (bicyclic) bond motifs is 1. The van der Waals surface area contributed by atoms with Gasteiger partial charge in [0, 0.05) is 44.4 Å². The van der Waals surface area contributed by atoms with Crippen LogP contribution in [0.3, 0.4) is 0 Å². The Kier molecular flexibility index (Phi) is 5.99. The van der Waals surface area contributed by atoms with Gasteiger partial charge in [-0.05, 0) is 12.1 Å². The highest BCUT2D eigenvalue weighted by Crippen LogP contribution is 2.36. The van der Waals surface area contributed by atoms with E-state index in [0.717, 1.165) is 5.39 Å². The second-order valence-electron chi connectivity index (χ2n) is 6.26. The van der Waals surface area contributed by atoms with Gasteiger partial charge in [-0.15, -0.1) is 12.3 Å². The molecule has 1 aromatic carbocycles. The summed E-state index contributed by atoms with van der Waals surface area (Å²) in [6.45, 7) is 1.31. The molecule has 2 aromatic rings. The summed E-state index contributed by atoms with van der Waals surface area (Å²) < 4.78 is 10.8. The molecule has 0 fully saturated rings. The van der Waals surface area contributed by atoms with Crippen LogP contribution in [-0.2, 0) is 4.74 Å². The first-order chi connectivity index (χ1) is 13.2. The minimum absolute atomic E-state index is 0.259. The summed E-state index contributed by atoms with van der Waals surface area (Å²) in [6, 6.07) is 9.21. The number of pyridine rings is 1. The number of amides is 1. The first-order valence-electron chi connectivity index (χ1n) is 8.85. The lowest BCUT2D eigenvalue weighted by atomic mass is 10.0. The molecule has 27 heavy (non-hydrogen) atoms. The van der Waals surface area contributed by atoms with E-state index in [4.69, 9.17) is 15.9 Å². The molecule has 0 unspecified atom stereocenters. The number of methoxy groups -OCH3 is 1. The van der Waals surface area contributed by atoms with Crippen molar-refractivity contribution in [2.75, 3.05) is 26.9 Å². The Morgan fingerprint density at radius 2 is 2.07 bits per heavy atom. The standard InChI is InChI=1S/C20H22N4O3/c1-3-4-9-20(23-24-20)10-11-21-19(25)17-14-18(27-13-12-26-2)15-7-5-6-8-16(15)22-17/h1,5-8,14H,4,9-13H2,2H3,(H,21,25). The molecule has 0 bridgehead atoms. The number of nitrogens with zero attached hydrogens (tertiary/aromatic N) is 3. The Morgan fingerprint density at radius 1 is 1.26 bits per heavy atom. The highest BCUT2D eigenvalue weighted by Gasteiger charge is 2.38. The smallest absolute Gasteiger partial charge is 0.270 e. The molecule has 0 saturated heterocycles. The van der Waals surface area contributed by atoms with Crippen LogP contribution >= 0.6 is 0 Å². The van der Waals surface area contributed by atoms with Gasteiger partial charge in [0.05, 0.1) is 12.1 Å². The first-order valence-corrected chi connectivity index (χ1v) is 8.85. The molecular weight excluding hydrogens is 344 g/mol. The molecule has 3 rings (SSSR count). The monoisotopic (exact) mass is 366 g/mol. The van der Waals surface area contributed by atoms with Crippen LogP contribution in [0.5, 0.6) is 5.75 Å². The Balaban J connectivity index is 1.66. The van der Waals surface area contributed by atoms with Crippen LogP contribution in [0.2, 0.25) is 0 Å². The van der Waals surface area contributed by atoms with Gasteiger partial charge >= 0.3 is 0 Å². The molecule has 0 atom stereocenters. The maximum Gasteiger partial charge on any atom is 0.270 e. The Labute approximate surface area is 158 Å². The van der Waals surface area contributed by atoms with Crippen molar-refractivity contribution in [3.05, 3.63) is 36.0 Å². The van der Waals surface area contributed by atoms with Crippen molar-refractivity contribution in [3.8, 4) is 18.1 Å². The van der Waals surface area contributed by atoms with Crippen LogP contribution in [0.4, 0.5) is 0 Å². The zero-order chi connectivity index (χ0) is 19.1. The van der Waals surface area contributed by atoms with E-state index in [1.807, 2.05) is 24.3 Å². The van der Waals surface area contributed by atoms with E-state index in [0.29, 0.717) is 56.0 Å². The third kappa shape index (κ3) is 4.80. The number of ether oxygens (including phenoxy) is 2. The number of benzene rings is 1. The molecule has 1 aliphatic heterocycles. The lowest BCUT2D eigenvalue weighted by Crippen LogP contribution is -2.29. The summed E-state index contributed by atoms with van der Waals surface area (Å²) in [5.41, 5.74) is 0.601. The molecule has 0 radical (unpaired) electrons. The van der Waals surface area contributed by atoms with Gasteiger partial charge in [-0.2, -0.15) is 10.2 Å². The number of terminal acetylenes is 1. The van der Waals surface area contributed by atoms with Crippen molar-refractivity contribution < 1.29 is 14.3 Å². The van der Waals surface area contributed by atoms with Crippen molar-refractivity contribution in [1.29, 1.82) is 0 Å². The summed E-state index contributed by atoms with van der Waals surface area (Å²) in [7, 11) is 1.61. The maximum atomic E-state index is 12.5. The predicted molar refractivity (Wildman–Crippen MR) is 102 cm³/mol. The molecule has 0 saturated carbocycles. The second kappa shape index (κ2) is 8.60. The van der Waals surface area contributed by atoms with Crippen LogP contribution in [0.25, 0.3) is 10.9 Å². The average Bonchev–Trinajstić information content (AvgIpc) is 3.46. The van der Waals surface area contributed by atoms with E-state index in [-0.39, 0.29) is 5.91 Å². The predicted octanol–water partition coefficient (Wildman–Crippen LogP) is 2.96. The van der Waals surface area contributed by atoms with Crippen molar-refractivity contribution >= 4 is 16.8 Å². The fourth-order valence-electron chi connectivity index (χ4n) is 2.75. The summed E-state index contributed by atoms with van der Waals surface area (Å²) in [6.07, 6.45) is 7.25. The quantitative estimate of drug-likeness (QED) is 0.517. The summed E-state index contributed by atoms with van der Waals surface area (Å²) in [5.74, 6) is 2.95. The zero-order valence-electron chi connectivity index (χ0n) is 15.3. The highest BCUT2D eigenvalue weighted by molar-refractivity contribution is 5.97. The Morgan fingerprint density at radius 3 is 2.81 bits per heavy atom. The number of para-hydroxylation sites is 1. The second-order valence-corrected chi connectivity index (χ2v) is 6.26. The highest BCUT2D eigenvalue weighted by atomic mass is 16.5. The number of aromatic nitrogens is 1. The third-order valence-electron chi connectivity index (χ3n) is 4.32. The summed E-state index contributed by atoms with van der Waals surface area (Å²) in [5, 5.41) is 11.9. The number of rotatable bonds is 10. The minimum atomic E-state index is -0.412. The van der Waals surface area contributed by atoms with Gasteiger partial charge in [-0.3, -0.25) is 4.79 Å². The van der Waals surface area contributed by atoms with Gasteiger partial charge in [-0.1, -0.05) is 12.1 Å².